The van der Waals surface area contributed by atoms with Crippen molar-refractivity contribution in [3.8, 4) is 0 Å². The van der Waals surface area contributed by atoms with Gasteiger partial charge in [-0.1, -0.05) is 54.6 Å². The molecule has 0 fully saturated rings. The number of anilines is 6. The Labute approximate surface area is 167 Å². The molecule has 27 heavy (non-hydrogen) atoms. The van der Waals surface area contributed by atoms with Crippen LogP contribution in [-0.4, -0.2) is 0 Å². The van der Waals surface area contributed by atoms with Gasteiger partial charge in [-0.2, -0.15) is 0 Å². The first kappa shape index (κ1) is 16.2. The second kappa shape index (κ2) is 6.60. The van der Waals surface area contributed by atoms with Gasteiger partial charge in [0.05, 0.1) is 28.4 Å². The molecule has 4 aromatic rings. The summed E-state index contributed by atoms with van der Waals surface area (Å²) in [7, 11) is 0. The summed E-state index contributed by atoms with van der Waals surface area (Å²) >= 11 is 3.74. The quantitative estimate of drug-likeness (QED) is 0.293. The molecule has 5 rings (SSSR count). The number of hydrogen-bond acceptors (Lipinski definition) is 2. The van der Waals surface area contributed by atoms with Gasteiger partial charge in [0, 0.05) is 10.2 Å². The Hall–Kier alpha value is -3.04. The maximum absolute atomic E-state index is 3.74. The number of halogens is 1. The first-order valence-corrected chi connectivity index (χ1v) is 9.72. The van der Waals surface area contributed by atoms with E-state index in [1.165, 1.54) is 0 Å². The second-order valence-corrected chi connectivity index (χ2v) is 7.29. The van der Waals surface area contributed by atoms with Crippen LogP contribution in [-0.2, 0) is 0 Å². The molecule has 130 valence electrons. The van der Waals surface area contributed by atoms with E-state index in [1.807, 2.05) is 6.07 Å². The van der Waals surface area contributed by atoms with Crippen LogP contribution in [0.25, 0.3) is 0 Å². The van der Waals surface area contributed by atoms with Crippen molar-refractivity contribution in [2.24, 2.45) is 0 Å². The van der Waals surface area contributed by atoms with E-state index in [1.54, 1.807) is 0 Å². The average Bonchev–Trinajstić information content (AvgIpc) is 2.73. The van der Waals surface area contributed by atoms with E-state index < -0.39 is 0 Å². The van der Waals surface area contributed by atoms with Crippen LogP contribution in [0, 0.1) is 0 Å². The first-order chi connectivity index (χ1) is 13.3. The third-order valence-electron chi connectivity index (χ3n) is 4.83. The van der Waals surface area contributed by atoms with Crippen molar-refractivity contribution >= 4 is 50.1 Å². The molecule has 0 aliphatic carbocycles. The lowest BCUT2D eigenvalue weighted by molar-refractivity contribution is 1.17. The molecule has 0 atom stereocenters. The molecular formula is C24H17BrN2. The third-order valence-corrected chi connectivity index (χ3v) is 5.51. The Morgan fingerprint density at radius 1 is 0.407 bits per heavy atom. The highest BCUT2D eigenvalue weighted by molar-refractivity contribution is 9.10. The van der Waals surface area contributed by atoms with Crippen molar-refractivity contribution < 1.29 is 0 Å². The van der Waals surface area contributed by atoms with Gasteiger partial charge in [0.15, 0.2) is 0 Å². The molecule has 1 aliphatic rings. The molecule has 0 amide bonds. The number of para-hydroxylation sites is 6. The number of hydrogen-bond donors (Lipinski definition) is 0. The minimum atomic E-state index is 1.07. The van der Waals surface area contributed by atoms with Crippen LogP contribution >= 0.6 is 15.9 Å². The van der Waals surface area contributed by atoms with Gasteiger partial charge >= 0.3 is 0 Å². The van der Waals surface area contributed by atoms with Crippen molar-refractivity contribution in [1.82, 2.24) is 0 Å². The van der Waals surface area contributed by atoms with E-state index in [0.717, 1.165) is 38.6 Å². The van der Waals surface area contributed by atoms with E-state index in [-0.39, 0.29) is 0 Å². The van der Waals surface area contributed by atoms with Crippen LogP contribution in [0.4, 0.5) is 34.1 Å². The molecule has 2 nitrogen and oxygen atoms in total. The van der Waals surface area contributed by atoms with Gasteiger partial charge in [-0.25, -0.2) is 0 Å². The number of rotatable bonds is 2. The molecule has 0 radical (unpaired) electrons. The van der Waals surface area contributed by atoms with Gasteiger partial charge in [0.25, 0.3) is 0 Å². The summed E-state index contributed by atoms with van der Waals surface area (Å²) < 4.78 is 1.07. The lowest BCUT2D eigenvalue weighted by atomic mass is 10.0. The average molecular weight is 413 g/mol. The minimum absolute atomic E-state index is 1.07. The van der Waals surface area contributed by atoms with Crippen LogP contribution in [0.2, 0.25) is 0 Å². The number of benzene rings is 4. The van der Waals surface area contributed by atoms with Crippen LogP contribution in [0.3, 0.4) is 0 Å². The van der Waals surface area contributed by atoms with Crippen molar-refractivity contribution in [3.05, 3.63) is 108 Å². The summed E-state index contributed by atoms with van der Waals surface area (Å²) in [6.07, 6.45) is 0. The van der Waals surface area contributed by atoms with Gasteiger partial charge < -0.3 is 9.80 Å². The van der Waals surface area contributed by atoms with E-state index in [9.17, 15) is 0 Å². The zero-order chi connectivity index (χ0) is 18.2. The Morgan fingerprint density at radius 3 is 1.33 bits per heavy atom. The van der Waals surface area contributed by atoms with E-state index in [4.69, 9.17) is 0 Å². The number of nitrogens with zero attached hydrogens (tertiary/aromatic N) is 2. The van der Waals surface area contributed by atoms with Crippen molar-refractivity contribution in [2.75, 3.05) is 9.80 Å². The standard InChI is InChI=1S/C24H17BrN2/c25-19-12-4-5-13-20(19)27-23-16-8-6-14-21(23)26(18-10-2-1-3-11-18)22-15-7-9-17-24(22)27/h1-17H. The Kier molecular flexibility index (Phi) is 3.95. The highest BCUT2D eigenvalue weighted by atomic mass is 79.9. The smallest absolute Gasteiger partial charge is 0.0703 e. The molecule has 0 bridgehead atoms. The van der Waals surface area contributed by atoms with Gasteiger partial charge in [0.2, 0.25) is 0 Å². The van der Waals surface area contributed by atoms with Crippen LogP contribution in [0.1, 0.15) is 0 Å². The van der Waals surface area contributed by atoms with E-state index >= 15 is 0 Å². The van der Waals surface area contributed by atoms with Crippen molar-refractivity contribution in [1.29, 1.82) is 0 Å². The summed E-state index contributed by atoms with van der Waals surface area (Å²) in [5.41, 5.74) is 6.93. The van der Waals surface area contributed by atoms with Gasteiger partial charge in [-0.3, -0.25) is 0 Å². The molecule has 0 N–H and O–H groups in total. The topological polar surface area (TPSA) is 6.48 Å². The monoisotopic (exact) mass is 412 g/mol. The molecule has 0 unspecified atom stereocenters. The Bertz CT molecular complexity index is 1060. The molecule has 0 spiro atoms. The molecule has 1 aliphatic heterocycles. The summed E-state index contributed by atoms with van der Waals surface area (Å²) in [5.74, 6) is 0. The van der Waals surface area contributed by atoms with Crippen LogP contribution in [0.5, 0.6) is 0 Å². The minimum Gasteiger partial charge on any atom is -0.306 e. The highest BCUT2D eigenvalue weighted by Gasteiger charge is 2.30. The molecule has 3 heteroatoms. The maximum Gasteiger partial charge on any atom is 0.0703 e. The fourth-order valence-electron chi connectivity index (χ4n) is 3.69. The summed E-state index contributed by atoms with van der Waals surface area (Å²) in [5, 5.41) is 0. The van der Waals surface area contributed by atoms with Gasteiger partial charge in [-0.05, 0) is 64.5 Å². The molecule has 1 heterocycles. The largest absolute Gasteiger partial charge is 0.306 e. The predicted octanol–water partition coefficient (Wildman–Crippen LogP) is 7.70. The summed E-state index contributed by atoms with van der Waals surface area (Å²) in [6.45, 7) is 0. The Morgan fingerprint density at radius 2 is 0.815 bits per heavy atom. The molecule has 0 saturated carbocycles. The van der Waals surface area contributed by atoms with Crippen molar-refractivity contribution in [3.63, 3.8) is 0 Å². The fraction of sp³-hybridized carbons (Fsp3) is 0. The third kappa shape index (κ3) is 2.63. The van der Waals surface area contributed by atoms with Gasteiger partial charge in [-0.15, -0.1) is 0 Å². The van der Waals surface area contributed by atoms with Gasteiger partial charge in [0.1, 0.15) is 0 Å². The maximum atomic E-state index is 3.74. The number of fused-ring (bicyclic) bond motifs is 2. The lowest BCUT2D eigenvalue weighted by Crippen LogP contribution is -2.24. The zero-order valence-electron chi connectivity index (χ0n) is 14.6. The molecule has 0 aromatic heterocycles. The molecule has 4 aromatic carbocycles. The second-order valence-electron chi connectivity index (χ2n) is 6.44. The zero-order valence-corrected chi connectivity index (χ0v) is 16.2. The SMILES string of the molecule is Brc1ccccc1N1c2ccccc2N(c2ccccc2)c2ccccc21. The molecular weight excluding hydrogens is 396 g/mol. The lowest BCUT2D eigenvalue weighted by Gasteiger charge is -2.40. The fourth-order valence-corrected chi connectivity index (χ4v) is 4.15. The first-order valence-electron chi connectivity index (χ1n) is 8.92. The predicted molar refractivity (Wildman–Crippen MR) is 117 cm³/mol. The summed E-state index contributed by atoms with van der Waals surface area (Å²) in [6, 6.07) is 36.0. The Balaban J connectivity index is 1.82. The van der Waals surface area contributed by atoms with E-state index in [0.29, 0.717) is 0 Å². The van der Waals surface area contributed by atoms with Crippen LogP contribution in [0.15, 0.2) is 108 Å². The normalized spacial score (nSPS) is 12.5. The van der Waals surface area contributed by atoms with Crippen molar-refractivity contribution in [2.45, 2.75) is 0 Å². The highest BCUT2D eigenvalue weighted by Crippen LogP contribution is 2.54. The van der Waals surface area contributed by atoms with Crippen LogP contribution < -0.4 is 9.80 Å². The molecule has 0 saturated heterocycles. The van der Waals surface area contributed by atoms with E-state index in [2.05, 4.69) is 123 Å². The summed E-state index contributed by atoms with van der Waals surface area (Å²) in [4.78, 5) is 4.66.